The fourth-order valence-electron chi connectivity index (χ4n) is 15.7. The summed E-state index contributed by atoms with van der Waals surface area (Å²) < 4.78 is 95.9. The number of nitrogens with zero attached hydrogens (tertiary/aromatic N) is 12. The Morgan fingerprint density at radius 2 is 0.845 bits per heavy atom. The van der Waals surface area contributed by atoms with E-state index in [0.29, 0.717) is 17.5 Å². The van der Waals surface area contributed by atoms with Gasteiger partial charge < -0.3 is 141 Å². The summed E-state index contributed by atoms with van der Waals surface area (Å²) in [6, 6.07) is -4.53. The molecule has 0 radical (unpaired) electrons. The number of guanidine groups is 3. The number of H-pyrrole nitrogens is 2. The first kappa shape index (κ1) is 115. The van der Waals surface area contributed by atoms with Gasteiger partial charge in [-0.25, -0.2) is 38.1 Å². The molecule has 0 aliphatic carbocycles. The Hall–Kier alpha value is -12.5. The zero-order valence-electron chi connectivity index (χ0n) is 80.9. The van der Waals surface area contributed by atoms with Crippen molar-refractivity contribution in [2.24, 2.45) is 34.4 Å². The fraction of sp³-hybridized carbons (Fsp3) is 0.630. The lowest BCUT2D eigenvalue weighted by molar-refractivity contribution is -0.158. The molecule has 0 saturated carbocycles. The molecule has 8 rings (SSSR count). The number of hydrogen-bond donors (Lipinski definition) is 26. The maximum atomic E-state index is 16.4. The minimum atomic E-state index is -4.44. The average Bonchev–Trinajstić information content (AvgIpc) is 1.45. The second kappa shape index (κ2) is 54.1. The number of rotatable bonds is 58. The standard InChI is InChI=1S/C81H139N38O20P3/c1-47(120)102-54(21-15-30-96-77(89)90)72(125)104-55(19-10-13-25-60(84)85)73(126)107-58(23-17-32-98-79(93)94)76(129)105-56(20-11-14-26-61(86)87)74(127)106-57(22-16-31-97-78(91)92)75(128)103-53(18-9-12-24-59(82)83)71(124)99-36-63(122)114-37-48(137-64(40-114)118-34-28-52-69(118)109-80(95)110-70(52)123)44-135-141(132,112(4)5)115-39-50(138-65(41-115)117-33-27-51-67(88)100-46-101-68(51)117)45-136-142(133,113(6)7)116-38-49(43-134-140(8,131)111(2)3)139-66(42-116)119-35-29-62(121)108-81(119)130/h27-29,33-35,46,48-50,53-58,64-66H,9-26,30-32,36-45H2,1-8H3,(H3,82,83)(H3,84,85)(H3,86,87)(H,99,124)(H,102,120)(H,103,128)(H,104,125)(H,105,129)(H,106,127)(H,107,126)(H2,88,100,101)(H4,89,90,96)(H4,91,92,97)(H4,93,94,98)(H,108,121,130)(H3,95,109,110,123)/t48-,49-,50-,53?,54?,55?,56?,57?,58?,64+,65+,66+,140?,141?,142?/m0/s1. The number of aromatic amines is 2. The Balaban J connectivity index is 1.06. The molecule has 8 amide bonds. The highest BCUT2D eigenvalue weighted by Gasteiger charge is 2.48. The van der Waals surface area contributed by atoms with Crippen molar-refractivity contribution in [2.45, 2.75) is 196 Å². The smallest absolute Gasteiger partial charge is 0.345 e. The van der Waals surface area contributed by atoms with E-state index in [1.165, 1.54) is 99.4 Å². The molecule has 15 atom stereocenters. The number of amides is 8. The molecule has 34 N–H and O–H groups in total. The largest absolute Gasteiger partial charge is 0.388 e. The number of nitrogens with two attached hydrogens (primary N) is 8. The number of amidine groups is 3. The van der Waals surface area contributed by atoms with Crippen molar-refractivity contribution in [1.29, 1.82) is 32.5 Å². The third-order valence-corrected chi connectivity index (χ3v) is 30.4. The predicted octanol–water partition coefficient (Wildman–Crippen LogP) is -3.89. The second-order valence-corrected chi connectivity index (χ2v) is 43.0. The van der Waals surface area contributed by atoms with Crippen molar-refractivity contribution in [3.05, 3.63) is 74.3 Å². The highest BCUT2D eigenvalue weighted by Crippen LogP contribution is 2.57. The van der Waals surface area contributed by atoms with E-state index in [9.17, 15) is 42.9 Å². The van der Waals surface area contributed by atoms with E-state index in [1.807, 2.05) is 0 Å². The van der Waals surface area contributed by atoms with Crippen LogP contribution in [0.1, 0.15) is 141 Å². The van der Waals surface area contributed by atoms with Crippen molar-refractivity contribution in [2.75, 3.05) is 146 Å². The van der Waals surface area contributed by atoms with Gasteiger partial charge in [-0.2, -0.15) is 4.98 Å². The number of anilines is 2. The van der Waals surface area contributed by atoms with Crippen LogP contribution in [0.4, 0.5) is 11.8 Å². The first-order chi connectivity index (χ1) is 67.0. The van der Waals surface area contributed by atoms with E-state index >= 15 is 23.5 Å². The summed E-state index contributed by atoms with van der Waals surface area (Å²) in [4.78, 5) is 175. The Kier molecular flexibility index (Phi) is 43.8. The van der Waals surface area contributed by atoms with Crippen molar-refractivity contribution < 1.29 is 79.8 Å². The minimum Gasteiger partial charge on any atom is -0.388 e. The van der Waals surface area contributed by atoms with Crippen molar-refractivity contribution in [3.8, 4) is 0 Å². The van der Waals surface area contributed by atoms with Crippen molar-refractivity contribution in [3.63, 3.8) is 0 Å². The predicted molar refractivity (Wildman–Crippen MR) is 526 cm³/mol. The van der Waals surface area contributed by atoms with E-state index < -0.39 is 192 Å². The molecule has 3 fully saturated rings. The zero-order valence-corrected chi connectivity index (χ0v) is 83.6. The van der Waals surface area contributed by atoms with Gasteiger partial charge in [-0.15, -0.1) is 0 Å². The van der Waals surface area contributed by atoms with Gasteiger partial charge in [0.15, 0.2) is 36.0 Å². The Bertz CT molecular complexity index is 5600. The molecule has 58 nitrogen and oxygen atoms in total. The van der Waals surface area contributed by atoms with Gasteiger partial charge in [0.05, 0.1) is 86.5 Å². The van der Waals surface area contributed by atoms with Gasteiger partial charge in [0.1, 0.15) is 66.4 Å². The molecule has 5 aromatic heterocycles. The maximum Gasteiger partial charge on any atom is 0.345 e. The van der Waals surface area contributed by atoms with Gasteiger partial charge in [-0.3, -0.25) is 109 Å². The molecule has 0 aromatic carbocycles. The minimum absolute atomic E-state index is 0.00754. The number of nitrogens with one attached hydrogen (secondary N) is 18. The van der Waals surface area contributed by atoms with Gasteiger partial charge in [-0.1, -0.05) is 19.3 Å². The number of nitrogen functional groups attached to an aromatic ring is 2. The van der Waals surface area contributed by atoms with Gasteiger partial charge in [0, 0.05) is 96.8 Å². The topological polar surface area (TPSA) is 870 Å². The lowest BCUT2D eigenvalue weighted by Gasteiger charge is -2.45. The molecule has 0 bridgehead atoms. The summed E-state index contributed by atoms with van der Waals surface area (Å²) in [5.41, 5.74) is 44.5. The monoisotopic (exact) mass is 2060 g/mol. The fourth-order valence-corrected chi connectivity index (χ4v) is 20.4. The first-order valence-electron chi connectivity index (χ1n) is 46.1. The molecule has 788 valence electrons. The quantitative estimate of drug-likeness (QED) is 0.00766. The van der Waals surface area contributed by atoms with E-state index in [1.54, 1.807) is 30.9 Å². The van der Waals surface area contributed by atoms with E-state index in [-0.39, 0.29) is 221 Å². The number of unbranched alkanes of at least 4 members (excludes halogenated alkanes) is 3. The Morgan fingerprint density at radius 3 is 1.25 bits per heavy atom. The zero-order chi connectivity index (χ0) is 105. The van der Waals surface area contributed by atoms with Crippen LogP contribution in [0.3, 0.4) is 0 Å². The summed E-state index contributed by atoms with van der Waals surface area (Å²) >= 11 is 0. The number of aromatic nitrogens is 8. The van der Waals surface area contributed by atoms with Crippen LogP contribution in [-0.4, -0.2) is 338 Å². The summed E-state index contributed by atoms with van der Waals surface area (Å²) in [6.45, 7) is -0.996. The number of ether oxygens (including phenoxy) is 3. The van der Waals surface area contributed by atoms with Gasteiger partial charge >= 0.3 is 21.0 Å². The molecular formula is C81H139N38O20P3. The van der Waals surface area contributed by atoms with Gasteiger partial charge in [-0.05, 0) is 131 Å². The van der Waals surface area contributed by atoms with E-state index in [0.717, 1.165) is 10.6 Å². The van der Waals surface area contributed by atoms with Crippen LogP contribution >= 0.6 is 22.9 Å². The Labute approximate surface area is 818 Å². The van der Waals surface area contributed by atoms with Crippen LogP contribution in [0.15, 0.2) is 57.5 Å². The van der Waals surface area contributed by atoms with Gasteiger partial charge in [0.2, 0.25) is 53.2 Å². The Morgan fingerprint density at radius 1 is 0.465 bits per heavy atom. The summed E-state index contributed by atoms with van der Waals surface area (Å²) in [7, 11) is -3.04. The van der Waals surface area contributed by atoms with Crippen LogP contribution in [-0.2, 0) is 79.8 Å². The molecule has 0 spiro atoms. The van der Waals surface area contributed by atoms with Crippen molar-refractivity contribution in [1.82, 2.24) is 120 Å². The van der Waals surface area contributed by atoms with Crippen LogP contribution in [0.2, 0.25) is 0 Å². The number of morpholine rings is 3. The molecule has 3 aliphatic heterocycles. The third kappa shape index (κ3) is 34.4. The van der Waals surface area contributed by atoms with Crippen LogP contribution in [0.25, 0.3) is 22.1 Å². The normalized spacial score (nSPS) is 19.4. The molecule has 5 aromatic rings. The summed E-state index contributed by atoms with van der Waals surface area (Å²) in [5.74, 6) is -8.67. The molecular weight excluding hydrogens is 1920 g/mol. The molecule has 8 heterocycles. The number of fused-ring (bicyclic) bond motifs is 2. The lowest BCUT2D eigenvalue weighted by Crippen LogP contribution is -2.60. The van der Waals surface area contributed by atoms with E-state index in [4.69, 9.17) is 106 Å². The summed E-state index contributed by atoms with van der Waals surface area (Å²) in [6.07, 6.45) is -0.373. The molecule has 3 aliphatic rings. The first-order valence-corrected chi connectivity index (χ1v) is 51.2. The highest BCUT2D eigenvalue weighted by molar-refractivity contribution is 7.55. The average molecular weight is 2060 g/mol. The number of carbonyl (C=O) groups is 8. The van der Waals surface area contributed by atoms with Crippen LogP contribution in [0.5, 0.6) is 0 Å². The molecule has 9 unspecified atom stereocenters. The van der Waals surface area contributed by atoms with Crippen LogP contribution in [0, 0.1) is 32.5 Å². The molecule has 142 heavy (non-hydrogen) atoms. The SMILES string of the molecule is CC(=O)NC(CCCNC(=N)N)C(=O)NC(CCCCC(=N)N)C(=O)NC(CCCNC(=N)N)C(=O)NC(CCCCC(=N)N)C(=O)NC(CCCNC(=N)N)C(=O)NC(CCCCC(=N)N)C(=O)NCC(=O)N1C[C@@H](COP(=O)(N(C)C)N2C[C@@H](COP(=O)(N(C)C)N3C[C@@H](COP(C)(=O)N(C)C)O[C@@H](n4ccc(=O)[nH]c4=O)C3)O[C@@H](n3ccc4c(N)ncnc43)C2)O[C@@H](n2ccc3c(=O)[nH]c(N)nc32)C1. The number of hydrogen-bond acceptors (Lipinski definition) is 31. The molecule has 61 heteroatoms. The summed E-state index contributed by atoms with van der Waals surface area (Å²) in [5, 5.41) is 73.9. The van der Waals surface area contributed by atoms with E-state index in [2.05, 4.69) is 78.1 Å². The van der Waals surface area contributed by atoms with Crippen molar-refractivity contribution >= 4 is 139 Å². The maximum absolute atomic E-state index is 16.4. The van der Waals surface area contributed by atoms with Gasteiger partial charge in [0.25, 0.3) is 18.6 Å². The highest BCUT2D eigenvalue weighted by atomic mass is 31.2. The number of carbonyl (C=O) groups excluding carboxylic acids is 8. The second-order valence-electron chi connectivity index (χ2n) is 35.1. The molecule has 3 saturated heterocycles. The van der Waals surface area contributed by atoms with Crippen LogP contribution < -0.4 is 116 Å². The third-order valence-electron chi connectivity index (χ3n) is 23.3. The lowest BCUT2D eigenvalue weighted by atomic mass is 10.0.